The summed E-state index contributed by atoms with van der Waals surface area (Å²) in [4.78, 5) is 13.0. The molecule has 18 heavy (non-hydrogen) atoms. The fourth-order valence-electron chi connectivity index (χ4n) is 2.41. The average molecular weight is 245 g/mol. The first-order valence-corrected chi connectivity index (χ1v) is 6.36. The normalized spacial score (nSPS) is 20.6. The second kappa shape index (κ2) is 5.83. The van der Waals surface area contributed by atoms with Crippen molar-refractivity contribution in [3.05, 3.63) is 41.5 Å². The number of likely N-dealkylation sites (tertiary alicyclic amines) is 1. The first kappa shape index (κ1) is 12.8. The van der Waals surface area contributed by atoms with E-state index in [-0.39, 0.29) is 0 Å². The minimum Gasteiger partial charge on any atom is -0.478 e. The fraction of sp³-hybridized carbons (Fsp3) is 0.400. The summed E-state index contributed by atoms with van der Waals surface area (Å²) < 4.78 is 0. The van der Waals surface area contributed by atoms with Gasteiger partial charge in [0.05, 0.1) is 0 Å². The molecule has 1 fully saturated rings. The maximum atomic E-state index is 10.6. The number of carboxylic acids is 1. The average Bonchev–Trinajstić information content (AvgIpc) is 2.73. The quantitative estimate of drug-likeness (QED) is 0.829. The lowest BCUT2D eigenvalue weighted by Crippen LogP contribution is -2.20. The van der Waals surface area contributed by atoms with Crippen LogP contribution in [0.25, 0.3) is 6.08 Å². The zero-order chi connectivity index (χ0) is 13.0. The van der Waals surface area contributed by atoms with Crippen LogP contribution < -0.4 is 0 Å². The zero-order valence-electron chi connectivity index (χ0n) is 10.7. The molecule has 1 unspecified atom stereocenters. The molecule has 3 heteroatoms. The molecule has 1 aliphatic heterocycles. The van der Waals surface area contributed by atoms with Crippen LogP contribution in [0.4, 0.5) is 0 Å². The summed E-state index contributed by atoms with van der Waals surface area (Å²) in [5.74, 6) is -0.133. The summed E-state index contributed by atoms with van der Waals surface area (Å²) in [5.41, 5.74) is 2.20. The molecule has 2 rings (SSSR count). The molecular formula is C15H19NO2. The smallest absolute Gasteiger partial charge is 0.328 e. The van der Waals surface area contributed by atoms with Gasteiger partial charge in [0.25, 0.3) is 0 Å². The lowest BCUT2D eigenvalue weighted by molar-refractivity contribution is -0.131. The summed E-state index contributed by atoms with van der Waals surface area (Å²) in [5, 5.41) is 8.69. The molecule has 1 N–H and O–H groups in total. The van der Waals surface area contributed by atoms with E-state index in [1.807, 2.05) is 18.2 Å². The zero-order valence-corrected chi connectivity index (χ0v) is 10.7. The summed E-state index contributed by atoms with van der Waals surface area (Å²) in [6.45, 7) is 5.45. The molecule has 1 aromatic rings. The Labute approximate surface area is 108 Å². The van der Waals surface area contributed by atoms with Crippen molar-refractivity contribution in [2.75, 3.05) is 13.1 Å². The minimum atomic E-state index is -0.903. The Morgan fingerprint density at radius 2 is 2.28 bits per heavy atom. The molecule has 3 nitrogen and oxygen atoms in total. The maximum Gasteiger partial charge on any atom is 0.328 e. The Balaban J connectivity index is 2.10. The fourth-order valence-corrected chi connectivity index (χ4v) is 2.41. The number of nitrogens with zero attached hydrogens (tertiary/aromatic N) is 1. The van der Waals surface area contributed by atoms with Gasteiger partial charge in [0.1, 0.15) is 0 Å². The van der Waals surface area contributed by atoms with Gasteiger partial charge >= 0.3 is 5.97 Å². The minimum absolute atomic E-state index is 0.770. The van der Waals surface area contributed by atoms with Gasteiger partial charge in [0, 0.05) is 19.2 Å². The standard InChI is InChI=1S/C15H19NO2/c1-12-8-9-16(10-12)11-14-5-3-2-4-13(14)6-7-15(17)18/h2-7,12H,8-11H2,1H3,(H,17,18)/b7-6+. The van der Waals surface area contributed by atoms with E-state index < -0.39 is 5.97 Å². The Kier molecular flexibility index (Phi) is 4.15. The number of carbonyl (C=O) groups is 1. The largest absolute Gasteiger partial charge is 0.478 e. The number of rotatable bonds is 4. The summed E-state index contributed by atoms with van der Waals surface area (Å²) in [6, 6.07) is 7.99. The lowest BCUT2D eigenvalue weighted by Gasteiger charge is -2.16. The monoisotopic (exact) mass is 245 g/mol. The van der Waals surface area contributed by atoms with Gasteiger partial charge in [-0.25, -0.2) is 4.79 Å². The summed E-state index contributed by atoms with van der Waals surface area (Å²) in [6.07, 6.45) is 4.13. The van der Waals surface area contributed by atoms with E-state index in [2.05, 4.69) is 17.9 Å². The molecule has 0 aromatic heterocycles. The Bertz CT molecular complexity index is 454. The van der Waals surface area contributed by atoms with E-state index >= 15 is 0 Å². The van der Waals surface area contributed by atoms with Gasteiger partial charge in [-0.3, -0.25) is 4.90 Å². The summed E-state index contributed by atoms with van der Waals surface area (Å²) >= 11 is 0. The van der Waals surface area contributed by atoms with Crippen molar-refractivity contribution < 1.29 is 9.90 Å². The van der Waals surface area contributed by atoms with Crippen LogP contribution in [-0.4, -0.2) is 29.1 Å². The Morgan fingerprint density at radius 3 is 2.94 bits per heavy atom. The van der Waals surface area contributed by atoms with E-state index in [0.717, 1.165) is 31.1 Å². The number of hydrogen-bond acceptors (Lipinski definition) is 2. The van der Waals surface area contributed by atoms with Gasteiger partial charge < -0.3 is 5.11 Å². The third-order valence-electron chi connectivity index (χ3n) is 3.36. The van der Waals surface area contributed by atoms with Gasteiger partial charge in [0.2, 0.25) is 0 Å². The van der Waals surface area contributed by atoms with Crippen LogP contribution in [-0.2, 0) is 11.3 Å². The maximum absolute atomic E-state index is 10.6. The van der Waals surface area contributed by atoms with E-state index in [0.29, 0.717) is 0 Å². The summed E-state index contributed by atoms with van der Waals surface area (Å²) in [7, 11) is 0. The third-order valence-corrected chi connectivity index (χ3v) is 3.36. The van der Waals surface area contributed by atoms with E-state index in [1.54, 1.807) is 6.08 Å². The molecule has 96 valence electrons. The van der Waals surface area contributed by atoms with Gasteiger partial charge in [-0.2, -0.15) is 0 Å². The second-order valence-electron chi connectivity index (χ2n) is 5.00. The predicted octanol–water partition coefficient (Wildman–Crippen LogP) is 2.63. The first-order chi connectivity index (χ1) is 8.65. The molecule has 1 atom stereocenters. The van der Waals surface area contributed by atoms with E-state index in [1.165, 1.54) is 18.1 Å². The van der Waals surface area contributed by atoms with Crippen LogP contribution in [0.3, 0.4) is 0 Å². The molecular weight excluding hydrogens is 226 g/mol. The molecule has 1 heterocycles. The molecule has 0 saturated carbocycles. The Morgan fingerprint density at radius 1 is 1.50 bits per heavy atom. The van der Waals surface area contributed by atoms with E-state index in [4.69, 9.17) is 5.11 Å². The number of benzene rings is 1. The van der Waals surface area contributed by atoms with Crippen LogP contribution >= 0.6 is 0 Å². The van der Waals surface area contributed by atoms with Gasteiger partial charge in [0.15, 0.2) is 0 Å². The van der Waals surface area contributed by atoms with Crippen molar-refractivity contribution in [2.24, 2.45) is 5.92 Å². The molecule has 0 radical (unpaired) electrons. The van der Waals surface area contributed by atoms with Crippen molar-refractivity contribution in [3.8, 4) is 0 Å². The third kappa shape index (κ3) is 3.44. The highest BCUT2D eigenvalue weighted by Gasteiger charge is 2.18. The topological polar surface area (TPSA) is 40.5 Å². The van der Waals surface area contributed by atoms with Crippen molar-refractivity contribution in [2.45, 2.75) is 19.9 Å². The number of aliphatic carboxylic acids is 1. The van der Waals surface area contributed by atoms with Crippen molar-refractivity contribution >= 4 is 12.0 Å². The van der Waals surface area contributed by atoms with Crippen molar-refractivity contribution in [3.63, 3.8) is 0 Å². The highest BCUT2D eigenvalue weighted by Crippen LogP contribution is 2.20. The highest BCUT2D eigenvalue weighted by molar-refractivity contribution is 5.85. The molecule has 0 spiro atoms. The molecule has 1 aliphatic rings. The molecule has 0 aliphatic carbocycles. The Hall–Kier alpha value is -1.61. The van der Waals surface area contributed by atoms with Crippen molar-refractivity contribution in [1.29, 1.82) is 0 Å². The van der Waals surface area contributed by atoms with Crippen molar-refractivity contribution in [1.82, 2.24) is 4.90 Å². The first-order valence-electron chi connectivity index (χ1n) is 6.36. The molecule has 0 amide bonds. The van der Waals surface area contributed by atoms with Gasteiger partial charge in [-0.05, 0) is 36.1 Å². The van der Waals surface area contributed by atoms with Crippen LogP contribution in [0.1, 0.15) is 24.5 Å². The van der Waals surface area contributed by atoms with Crippen LogP contribution in [0.15, 0.2) is 30.3 Å². The van der Waals surface area contributed by atoms with E-state index in [9.17, 15) is 4.79 Å². The highest BCUT2D eigenvalue weighted by atomic mass is 16.4. The number of carboxylic acid groups (broad SMARTS) is 1. The van der Waals surface area contributed by atoms with Crippen LogP contribution in [0.5, 0.6) is 0 Å². The van der Waals surface area contributed by atoms with Gasteiger partial charge in [-0.15, -0.1) is 0 Å². The molecule has 0 bridgehead atoms. The predicted molar refractivity (Wildman–Crippen MR) is 72.2 cm³/mol. The molecule has 1 saturated heterocycles. The molecule has 1 aromatic carbocycles. The second-order valence-corrected chi connectivity index (χ2v) is 5.00. The van der Waals surface area contributed by atoms with Crippen LogP contribution in [0, 0.1) is 5.92 Å². The van der Waals surface area contributed by atoms with Gasteiger partial charge in [-0.1, -0.05) is 31.2 Å². The van der Waals surface area contributed by atoms with Crippen LogP contribution in [0.2, 0.25) is 0 Å². The SMILES string of the molecule is CC1CCN(Cc2ccccc2/C=C/C(=O)O)C1. The lowest BCUT2D eigenvalue weighted by atomic mass is 10.1. The number of hydrogen-bond donors (Lipinski definition) is 1.